The number of anilines is 1. The normalized spacial score (nSPS) is 17.1. The molecular weight excluding hydrogens is 304 g/mol. The van der Waals surface area contributed by atoms with Crippen molar-refractivity contribution in [3.8, 4) is 0 Å². The Morgan fingerprint density at radius 1 is 1.45 bits per heavy atom. The minimum absolute atomic E-state index is 0. The van der Waals surface area contributed by atoms with Crippen LogP contribution in [0.1, 0.15) is 39.3 Å². The van der Waals surface area contributed by atoms with Crippen molar-refractivity contribution in [2.75, 3.05) is 31.5 Å². The molecule has 0 atom stereocenters. The van der Waals surface area contributed by atoms with Gasteiger partial charge >= 0.3 is 0 Å². The van der Waals surface area contributed by atoms with E-state index in [2.05, 4.69) is 36.1 Å². The van der Waals surface area contributed by atoms with Gasteiger partial charge in [-0.1, -0.05) is 25.9 Å². The van der Waals surface area contributed by atoms with Gasteiger partial charge in [0.2, 0.25) is 11.8 Å². The van der Waals surface area contributed by atoms with E-state index in [1.165, 1.54) is 0 Å². The molecule has 1 aromatic heterocycles. The van der Waals surface area contributed by atoms with E-state index >= 15 is 0 Å². The second-order valence-electron chi connectivity index (χ2n) is 6.83. The van der Waals surface area contributed by atoms with Gasteiger partial charge in [-0.25, -0.2) is 0 Å². The number of aromatic nitrogens is 1. The van der Waals surface area contributed by atoms with Crippen molar-refractivity contribution in [3.63, 3.8) is 0 Å². The van der Waals surface area contributed by atoms with Gasteiger partial charge < -0.3 is 10.3 Å². The molecule has 1 saturated heterocycles. The van der Waals surface area contributed by atoms with Crippen molar-refractivity contribution < 1.29 is 9.32 Å². The van der Waals surface area contributed by atoms with Crippen LogP contribution in [0.4, 0.5) is 5.88 Å². The number of likely N-dealkylation sites (tertiary alicyclic amines) is 1. The average molecular weight is 331 g/mol. The van der Waals surface area contributed by atoms with Gasteiger partial charge in [-0.05, 0) is 38.4 Å². The minimum Gasteiger partial charge on any atom is -0.338 e. The summed E-state index contributed by atoms with van der Waals surface area (Å²) in [5.41, 5.74) is 6.42. The first kappa shape index (κ1) is 18.9. The summed E-state index contributed by atoms with van der Waals surface area (Å²) in [6.45, 7) is 9.16. The lowest BCUT2D eigenvalue weighted by Crippen LogP contribution is -2.40. The minimum atomic E-state index is -0.0867. The van der Waals surface area contributed by atoms with Gasteiger partial charge in [0.25, 0.3) is 0 Å². The van der Waals surface area contributed by atoms with E-state index in [-0.39, 0.29) is 23.7 Å². The Labute approximate surface area is 138 Å². The molecule has 1 aliphatic heterocycles. The molecule has 7 heteroatoms. The molecule has 3 N–H and O–H groups in total. The topological polar surface area (TPSA) is 84.4 Å². The standard InChI is InChI=1S/C15H26N4O2.ClH/c1-15(2,3)12-8-14(21-18-12)17-13(20)10-19-6-4-11(9-16)5-7-19;/h8,11H,4-7,9-10,16H2,1-3H3,(H,17,20);1H. The second kappa shape index (κ2) is 7.94. The van der Waals surface area contributed by atoms with Gasteiger partial charge in [-0.3, -0.25) is 15.0 Å². The highest BCUT2D eigenvalue weighted by Crippen LogP contribution is 2.23. The molecule has 0 radical (unpaired) electrons. The number of amides is 1. The first-order valence-corrected chi connectivity index (χ1v) is 7.58. The maximum absolute atomic E-state index is 12.0. The summed E-state index contributed by atoms with van der Waals surface area (Å²) >= 11 is 0. The number of rotatable bonds is 4. The van der Waals surface area contributed by atoms with Crippen molar-refractivity contribution in [2.24, 2.45) is 11.7 Å². The van der Waals surface area contributed by atoms with Crippen LogP contribution in [0.15, 0.2) is 10.6 Å². The summed E-state index contributed by atoms with van der Waals surface area (Å²) in [6, 6.07) is 1.79. The monoisotopic (exact) mass is 330 g/mol. The number of halogens is 1. The van der Waals surface area contributed by atoms with Crippen LogP contribution >= 0.6 is 12.4 Å². The van der Waals surface area contributed by atoms with Crippen molar-refractivity contribution in [1.82, 2.24) is 10.1 Å². The fourth-order valence-electron chi connectivity index (χ4n) is 2.45. The maximum atomic E-state index is 12.0. The van der Waals surface area contributed by atoms with Gasteiger partial charge in [0.15, 0.2) is 0 Å². The number of hydrogen-bond acceptors (Lipinski definition) is 5. The largest absolute Gasteiger partial charge is 0.338 e. The Bertz CT molecular complexity index is 476. The van der Waals surface area contributed by atoms with Crippen LogP contribution in [-0.2, 0) is 10.2 Å². The summed E-state index contributed by atoms with van der Waals surface area (Å²) in [5, 5.41) is 6.76. The van der Waals surface area contributed by atoms with E-state index in [1.807, 2.05) is 0 Å². The lowest BCUT2D eigenvalue weighted by Gasteiger charge is -2.30. The van der Waals surface area contributed by atoms with Crippen LogP contribution in [0.25, 0.3) is 0 Å². The van der Waals surface area contributed by atoms with Crippen LogP contribution in [-0.4, -0.2) is 42.1 Å². The van der Waals surface area contributed by atoms with Crippen molar-refractivity contribution in [2.45, 2.75) is 39.0 Å². The van der Waals surface area contributed by atoms with E-state index in [4.69, 9.17) is 10.3 Å². The summed E-state index contributed by atoms with van der Waals surface area (Å²) in [5.74, 6) is 0.965. The molecule has 2 rings (SSSR count). The van der Waals surface area contributed by atoms with Crippen LogP contribution in [0.3, 0.4) is 0 Å². The first-order chi connectivity index (χ1) is 9.88. The van der Waals surface area contributed by atoms with Gasteiger partial charge in [-0.15, -0.1) is 12.4 Å². The zero-order valence-electron chi connectivity index (χ0n) is 13.6. The fourth-order valence-corrected chi connectivity index (χ4v) is 2.45. The Balaban J connectivity index is 0.00000242. The predicted molar refractivity (Wildman–Crippen MR) is 89.3 cm³/mol. The molecular formula is C15H27ClN4O2. The van der Waals surface area contributed by atoms with E-state index in [0.717, 1.165) is 38.2 Å². The van der Waals surface area contributed by atoms with Gasteiger partial charge in [-0.2, -0.15) is 0 Å². The van der Waals surface area contributed by atoms with E-state index < -0.39 is 0 Å². The lowest BCUT2D eigenvalue weighted by atomic mass is 9.92. The number of nitrogens with two attached hydrogens (primary N) is 1. The van der Waals surface area contributed by atoms with Crippen LogP contribution in [0.5, 0.6) is 0 Å². The highest BCUT2D eigenvalue weighted by atomic mass is 35.5. The number of nitrogens with one attached hydrogen (secondary N) is 1. The maximum Gasteiger partial charge on any atom is 0.240 e. The van der Waals surface area contributed by atoms with Crippen LogP contribution in [0.2, 0.25) is 0 Å². The number of nitrogens with zero attached hydrogens (tertiary/aromatic N) is 2. The molecule has 1 aliphatic rings. The highest BCUT2D eigenvalue weighted by molar-refractivity contribution is 5.91. The predicted octanol–water partition coefficient (Wildman–Crippen LogP) is 2.00. The summed E-state index contributed by atoms with van der Waals surface area (Å²) in [6.07, 6.45) is 2.14. The summed E-state index contributed by atoms with van der Waals surface area (Å²) < 4.78 is 5.17. The molecule has 126 valence electrons. The Morgan fingerprint density at radius 2 is 2.09 bits per heavy atom. The molecule has 0 unspecified atom stereocenters. The van der Waals surface area contributed by atoms with Crippen molar-refractivity contribution in [3.05, 3.63) is 11.8 Å². The second-order valence-corrected chi connectivity index (χ2v) is 6.83. The summed E-state index contributed by atoms with van der Waals surface area (Å²) in [4.78, 5) is 14.2. The molecule has 2 heterocycles. The quantitative estimate of drug-likeness (QED) is 0.882. The van der Waals surface area contributed by atoms with E-state index in [1.54, 1.807) is 6.07 Å². The molecule has 0 spiro atoms. The third-order valence-electron chi connectivity index (χ3n) is 3.95. The molecule has 0 bridgehead atoms. The van der Waals surface area contributed by atoms with E-state index in [9.17, 15) is 4.79 Å². The molecule has 0 saturated carbocycles. The van der Waals surface area contributed by atoms with E-state index in [0.29, 0.717) is 18.3 Å². The third kappa shape index (κ3) is 5.26. The van der Waals surface area contributed by atoms with Crippen molar-refractivity contribution >= 4 is 24.2 Å². The van der Waals surface area contributed by atoms with Crippen molar-refractivity contribution in [1.29, 1.82) is 0 Å². The Morgan fingerprint density at radius 3 is 2.59 bits per heavy atom. The van der Waals surface area contributed by atoms with Crippen LogP contribution < -0.4 is 11.1 Å². The number of carbonyl (C=O) groups excluding carboxylic acids is 1. The summed E-state index contributed by atoms with van der Waals surface area (Å²) in [7, 11) is 0. The first-order valence-electron chi connectivity index (χ1n) is 7.58. The zero-order valence-corrected chi connectivity index (χ0v) is 14.4. The molecule has 1 amide bonds. The smallest absolute Gasteiger partial charge is 0.240 e. The third-order valence-corrected chi connectivity index (χ3v) is 3.95. The number of carbonyl (C=O) groups is 1. The molecule has 0 aliphatic carbocycles. The molecule has 6 nitrogen and oxygen atoms in total. The number of piperidine rings is 1. The molecule has 0 aromatic carbocycles. The van der Waals surface area contributed by atoms with Gasteiger partial charge in [0.1, 0.15) is 0 Å². The van der Waals surface area contributed by atoms with Gasteiger partial charge in [0, 0.05) is 11.5 Å². The molecule has 1 aromatic rings. The SMILES string of the molecule is CC(C)(C)c1cc(NC(=O)CN2CCC(CN)CC2)on1.Cl. The molecule has 22 heavy (non-hydrogen) atoms. The van der Waals surface area contributed by atoms with Gasteiger partial charge in [0.05, 0.1) is 12.2 Å². The van der Waals surface area contributed by atoms with Crippen LogP contribution in [0, 0.1) is 5.92 Å². The Kier molecular flexibility index (Phi) is 6.84. The lowest BCUT2D eigenvalue weighted by molar-refractivity contribution is -0.117. The fraction of sp³-hybridized carbons (Fsp3) is 0.733. The molecule has 1 fully saturated rings. The number of hydrogen-bond donors (Lipinski definition) is 2. The Hall–Kier alpha value is -1.11. The highest BCUT2D eigenvalue weighted by Gasteiger charge is 2.22. The average Bonchev–Trinajstić information content (AvgIpc) is 2.88. The zero-order chi connectivity index (χ0) is 15.5.